The molecule has 20 heavy (non-hydrogen) atoms. The third kappa shape index (κ3) is 3.01. The van der Waals surface area contributed by atoms with Crippen molar-refractivity contribution in [3.63, 3.8) is 0 Å². The van der Waals surface area contributed by atoms with Gasteiger partial charge in [0.25, 0.3) is 0 Å². The molecule has 0 atom stereocenters. The van der Waals surface area contributed by atoms with E-state index in [2.05, 4.69) is 9.97 Å². The minimum absolute atomic E-state index is 0.0394. The molecule has 0 saturated heterocycles. The number of halogens is 1. The average Bonchev–Trinajstić information content (AvgIpc) is 2.38. The fourth-order valence-electron chi connectivity index (χ4n) is 1.54. The molecule has 1 heterocycles. The highest BCUT2D eigenvalue weighted by Gasteiger charge is 2.09. The van der Waals surface area contributed by atoms with Crippen LogP contribution in [0.1, 0.15) is 31.2 Å². The fourth-order valence-corrected chi connectivity index (χ4v) is 1.54. The monoisotopic (exact) mass is 272 g/mol. The maximum Gasteiger partial charge on any atom is 0.224 e. The van der Waals surface area contributed by atoms with Crippen LogP contribution in [0.25, 0.3) is 0 Å². The van der Waals surface area contributed by atoms with Gasteiger partial charge in [-0.1, -0.05) is 13.8 Å². The SMILES string of the molecule is CC(C)c1nc(N)cc(Oc2ccc(C#N)c(F)c2)n1. The van der Waals surface area contributed by atoms with Gasteiger partial charge in [0.2, 0.25) is 5.88 Å². The van der Waals surface area contributed by atoms with Crippen LogP contribution in [0.4, 0.5) is 10.2 Å². The van der Waals surface area contributed by atoms with Gasteiger partial charge in [0, 0.05) is 18.1 Å². The number of nitriles is 1. The standard InChI is InChI=1S/C14H13FN4O/c1-8(2)14-18-12(17)6-13(19-14)20-10-4-3-9(7-16)11(15)5-10/h3-6,8H,1-2H3,(H2,17,18,19). The zero-order chi connectivity index (χ0) is 14.7. The Morgan fingerprint density at radius 1 is 1.30 bits per heavy atom. The fraction of sp³-hybridized carbons (Fsp3) is 0.214. The van der Waals surface area contributed by atoms with Gasteiger partial charge in [-0.3, -0.25) is 0 Å². The minimum Gasteiger partial charge on any atom is -0.439 e. The molecule has 0 amide bonds. The van der Waals surface area contributed by atoms with Crippen LogP contribution >= 0.6 is 0 Å². The minimum atomic E-state index is -0.642. The Bertz CT molecular complexity index is 679. The Labute approximate surface area is 115 Å². The summed E-state index contributed by atoms with van der Waals surface area (Å²) in [6.07, 6.45) is 0. The van der Waals surface area contributed by atoms with E-state index in [1.807, 2.05) is 13.8 Å². The van der Waals surface area contributed by atoms with Gasteiger partial charge in [0.15, 0.2) is 0 Å². The van der Waals surface area contributed by atoms with E-state index in [-0.39, 0.29) is 28.9 Å². The van der Waals surface area contributed by atoms with Crippen LogP contribution < -0.4 is 10.5 Å². The lowest BCUT2D eigenvalue weighted by atomic mass is 10.2. The van der Waals surface area contributed by atoms with Crippen molar-refractivity contribution in [3.05, 3.63) is 41.5 Å². The summed E-state index contributed by atoms with van der Waals surface area (Å²) in [6.45, 7) is 3.86. The molecule has 0 bridgehead atoms. The molecule has 0 saturated carbocycles. The summed E-state index contributed by atoms with van der Waals surface area (Å²) in [5.74, 6) is 0.774. The number of benzene rings is 1. The van der Waals surface area contributed by atoms with Gasteiger partial charge in [-0.05, 0) is 12.1 Å². The van der Waals surface area contributed by atoms with Crippen LogP contribution in [0.3, 0.4) is 0 Å². The Morgan fingerprint density at radius 3 is 2.65 bits per heavy atom. The maximum absolute atomic E-state index is 13.5. The first-order valence-electron chi connectivity index (χ1n) is 6.01. The zero-order valence-corrected chi connectivity index (χ0v) is 11.1. The van der Waals surface area contributed by atoms with E-state index in [1.54, 1.807) is 6.07 Å². The molecule has 6 heteroatoms. The summed E-state index contributed by atoms with van der Waals surface area (Å²) in [5, 5.41) is 8.66. The molecule has 5 nitrogen and oxygen atoms in total. The predicted octanol–water partition coefficient (Wildman–Crippen LogP) is 2.99. The van der Waals surface area contributed by atoms with Crippen molar-refractivity contribution in [1.29, 1.82) is 5.26 Å². The van der Waals surface area contributed by atoms with E-state index in [4.69, 9.17) is 15.7 Å². The molecule has 1 aromatic carbocycles. The van der Waals surface area contributed by atoms with Crippen molar-refractivity contribution in [2.75, 3.05) is 5.73 Å². The average molecular weight is 272 g/mol. The molecule has 0 spiro atoms. The van der Waals surface area contributed by atoms with E-state index in [0.717, 1.165) is 6.07 Å². The normalized spacial score (nSPS) is 10.3. The molecular weight excluding hydrogens is 259 g/mol. The summed E-state index contributed by atoms with van der Waals surface area (Å²) < 4.78 is 18.9. The molecule has 0 radical (unpaired) electrons. The first-order chi connectivity index (χ1) is 9.49. The van der Waals surface area contributed by atoms with Crippen molar-refractivity contribution in [2.24, 2.45) is 0 Å². The van der Waals surface area contributed by atoms with Crippen LogP contribution in [0.5, 0.6) is 11.6 Å². The van der Waals surface area contributed by atoms with Gasteiger partial charge in [0.1, 0.15) is 29.3 Å². The molecule has 102 valence electrons. The second-order valence-corrected chi connectivity index (χ2v) is 4.50. The summed E-state index contributed by atoms with van der Waals surface area (Å²) in [6, 6.07) is 7.18. The smallest absolute Gasteiger partial charge is 0.224 e. The Morgan fingerprint density at radius 2 is 2.05 bits per heavy atom. The lowest BCUT2D eigenvalue weighted by molar-refractivity contribution is 0.453. The van der Waals surface area contributed by atoms with Gasteiger partial charge in [-0.15, -0.1) is 0 Å². The summed E-state index contributed by atoms with van der Waals surface area (Å²) in [7, 11) is 0. The Kier molecular flexibility index (Phi) is 3.80. The van der Waals surface area contributed by atoms with E-state index in [0.29, 0.717) is 5.82 Å². The molecule has 1 aromatic heterocycles. The number of rotatable bonds is 3. The van der Waals surface area contributed by atoms with Crippen molar-refractivity contribution in [3.8, 4) is 17.7 Å². The number of aromatic nitrogens is 2. The number of nitrogens with two attached hydrogens (primary N) is 1. The highest BCUT2D eigenvalue weighted by Crippen LogP contribution is 2.24. The predicted molar refractivity (Wildman–Crippen MR) is 71.7 cm³/mol. The highest BCUT2D eigenvalue weighted by molar-refractivity contribution is 5.39. The second-order valence-electron chi connectivity index (χ2n) is 4.50. The summed E-state index contributed by atoms with van der Waals surface area (Å²) >= 11 is 0. The van der Waals surface area contributed by atoms with Gasteiger partial charge < -0.3 is 10.5 Å². The van der Waals surface area contributed by atoms with Crippen molar-refractivity contribution >= 4 is 5.82 Å². The van der Waals surface area contributed by atoms with Crippen molar-refractivity contribution in [1.82, 2.24) is 9.97 Å². The molecule has 0 fully saturated rings. The first-order valence-corrected chi connectivity index (χ1v) is 6.01. The molecule has 0 aliphatic carbocycles. The molecule has 2 aromatic rings. The number of nitrogens with zero attached hydrogens (tertiary/aromatic N) is 3. The molecule has 0 aliphatic heterocycles. The summed E-state index contributed by atoms with van der Waals surface area (Å²) in [4.78, 5) is 8.29. The van der Waals surface area contributed by atoms with E-state index in [1.165, 1.54) is 18.2 Å². The Balaban J connectivity index is 2.30. The van der Waals surface area contributed by atoms with Gasteiger partial charge in [0.05, 0.1) is 5.56 Å². The Hall–Kier alpha value is -2.68. The van der Waals surface area contributed by atoms with E-state index in [9.17, 15) is 4.39 Å². The number of nitrogen functional groups attached to an aromatic ring is 1. The van der Waals surface area contributed by atoms with Gasteiger partial charge >= 0.3 is 0 Å². The van der Waals surface area contributed by atoms with Crippen LogP contribution in [0, 0.1) is 17.1 Å². The molecule has 0 unspecified atom stereocenters. The van der Waals surface area contributed by atoms with E-state index >= 15 is 0 Å². The number of hydrogen-bond acceptors (Lipinski definition) is 5. The lowest BCUT2D eigenvalue weighted by Crippen LogP contribution is -2.03. The largest absolute Gasteiger partial charge is 0.439 e. The van der Waals surface area contributed by atoms with Crippen LogP contribution in [-0.4, -0.2) is 9.97 Å². The molecular formula is C14H13FN4O. The topological polar surface area (TPSA) is 84.8 Å². The van der Waals surface area contributed by atoms with Crippen LogP contribution in [0.2, 0.25) is 0 Å². The van der Waals surface area contributed by atoms with Gasteiger partial charge in [-0.2, -0.15) is 10.2 Å². The molecule has 0 aliphatic rings. The molecule has 2 N–H and O–H groups in total. The molecule has 2 rings (SSSR count). The number of ether oxygens (including phenoxy) is 1. The third-order valence-corrected chi connectivity index (χ3v) is 2.54. The zero-order valence-electron chi connectivity index (χ0n) is 11.1. The van der Waals surface area contributed by atoms with Crippen LogP contribution in [-0.2, 0) is 0 Å². The highest BCUT2D eigenvalue weighted by atomic mass is 19.1. The quantitative estimate of drug-likeness (QED) is 0.928. The van der Waals surface area contributed by atoms with Gasteiger partial charge in [-0.25, -0.2) is 9.37 Å². The lowest BCUT2D eigenvalue weighted by Gasteiger charge is -2.09. The number of hydrogen-bond donors (Lipinski definition) is 1. The van der Waals surface area contributed by atoms with Crippen molar-refractivity contribution in [2.45, 2.75) is 19.8 Å². The third-order valence-electron chi connectivity index (χ3n) is 2.54. The number of anilines is 1. The maximum atomic E-state index is 13.5. The summed E-state index contributed by atoms with van der Waals surface area (Å²) in [5.41, 5.74) is 5.64. The van der Waals surface area contributed by atoms with Crippen LogP contribution in [0.15, 0.2) is 24.3 Å². The second kappa shape index (κ2) is 5.53. The first kappa shape index (κ1) is 13.7. The van der Waals surface area contributed by atoms with E-state index < -0.39 is 5.82 Å². The van der Waals surface area contributed by atoms with Crippen molar-refractivity contribution < 1.29 is 9.13 Å².